The molecule has 0 spiro atoms. The Bertz CT molecular complexity index is 1130. The minimum absolute atomic E-state index is 0. The molecule has 0 atom stereocenters. The van der Waals surface area contributed by atoms with Crippen LogP contribution in [0.3, 0.4) is 0 Å². The highest BCUT2D eigenvalue weighted by molar-refractivity contribution is 6.04. The maximum atomic E-state index is 13.4. The van der Waals surface area contributed by atoms with E-state index in [-0.39, 0.29) is 18.3 Å². The Hall–Kier alpha value is -3.07. The van der Waals surface area contributed by atoms with E-state index in [1.54, 1.807) is 36.4 Å². The maximum Gasteiger partial charge on any atom is 0.435 e. The molecule has 1 aliphatic carbocycles. The van der Waals surface area contributed by atoms with Gasteiger partial charge in [0.2, 0.25) is 0 Å². The third kappa shape index (κ3) is 5.70. The average Bonchev–Trinajstić information content (AvgIpc) is 3.19. The molecule has 3 aromatic rings. The summed E-state index contributed by atoms with van der Waals surface area (Å²) >= 11 is 0. The SMILES string of the molecule is CC(C)CNc1ccc(C(=O)Nc2ccc(-n3nc(C(F)(F)F)c4c3CCCC4)cc2)cn1.Cl. The van der Waals surface area contributed by atoms with Gasteiger partial charge in [0.1, 0.15) is 5.82 Å². The summed E-state index contributed by atoms with van der Waals surface area (Å²) in [7, 11) is 0. The zero-order valence-electron chi connectivity index (χ0n) is 18.9. The number of fused-ring (bicyclic) bond motifs is 1. The Morgan fingerprint density at radius 1 is 1.09 bits per heavy atom. The lowest BCUT2D eigenvalue weighted by molar-refractivity contribution is -0.142. The van der Waals surface area contributed by atoms with E-state index in [1.165, 1.54) is 10.9 Å². The second-order valence-electron chi connectivity index (χ2n) is 8.60. The number of amides is 1. The number of pyridine rings is 1. The number of hydrogen-bond donors (Lipinski definition) is 2. The van der Waals surface area contributed by atoms with Crippen LogP contribution in [-0.2, 0) is 19.0 Å². The molecule has 2 aromatic heterocycles. The van der Waals surface area contributed by atoms with Gasteiger partial charge in [-0.1, -0.05) is 13.8 Å². The number of nitrogens with one attached hydrogen (secondary N) is 2. The van der Waals surface area contributed by atoms with E-state index in [0.717, 1.165) is 19.4 Å². The lowest BCUT2D eigenvalue weighted by atomic mass is 9.95. The molecular weight excluding hydrogens is 467 g/mol. The van der Waals surface area contributed by atoms with Gasteiger partial charge in [0, 0.05) is 29.7 Å². The van der Waals surface area contributed by atoms with E-state index in [0.29, 0.717) is 52.8 Å². The van der Waals surface area contributed by atoms with Crippen molar-refractivity contribution in [3.8, 4) is 5.69 Å². The van der Waals surface area contributed by atoms with Gasteiger partial charge in [-0.15, -0.1) is 12.4 Å². The summed E-state index contributed by atoms with van der Waals surface area (Å²) in [4.78, 5) is 16.8. The zero-order chi connectivity index (χ0) is 23.6. The summed E-state index contributed by atoms with van der Waals surface area (Å²) in [5.74, 6) is 0.858. The lowest BCUT2D eigenvalue weighted by Gasteiger charge is -2.15. The van der Waals surface area contributed by atoms with Crippen LogP contribution in [0.1, 0.15) is 54.0 Å². The number of carbonyl (C=O) groups excluding carboxylic acids is 1. The van der Waals surface area contributed by atoms with Crippen LogP contribution in [0.25, 0.3) is 5.69 Å². The standard InChI is InChI=1S/C24H26F3N5O.ClH/c1-15(2)13-28-21-12-7-16(14-29-21)23(33)30-17-8-10-18(11-9-17)32-20-6-4-3-5-19(20)22(31-32)24(25,26)27;/h7-12,14-15H,3-6,13H2,1-2H3,(H,28,29)(H,30,33);1H. The smallest absolute Gasteiger partial charge is 0.370 e. The molecule has 4 rings (SSSR count). The minimum Gasteiger partial charge on any atom is -0.370 e. The van der Waals surface area contributed by atoms with E-state index in [2.05, 4.69) is 34.6 Å². The predicted molar refractivity (Wildman–Crippen MR) is 128 cm³/mol. The summed E-state index contributed by atoms with van der Waals surface area (Å²) in [6.45, 7) is 4.97. The van der Waals surface area contributed by atoms with E-state index < -0.39 is 11.9 Å². The molecule has 6 nitrogen and oxygen atoms in total. The molecule has 34 heavy (non-hydrogen) atoms. The number of nitrogens with zero attached hydrogens (tertiary/aromatic N) is 3. The van der Waals surface area contributed by atoms with Gasteiger partial charge >= 0.3 is 6.18 Å². The number of benzene rings is 1. The first-order valence-corrected chi connectivity index (χ1v) is 11.0. The molecule has 1 aliphatic rings. The first-order chi connectivity index (χ1) is 15.7. The summed E-state index contributed by atoms with van der Waals surface area (Å²) < 4.78 is 41.7. The van der Waals surface area contributed by atoms with Crippen molar-refractivity contribution >= 4 is 29.8 Å². The van der Waals surface area contributed by atoms with Gasteiger partial charge in [0.05, 0.1) is 11.3 Å². The molecule has 0 fully saturated rings. The van der Waals surface area contributed by atoms with Gasteiger partial charge in [-0.25, -0.2) is 9.67 Å². The second-order valence-corrected chi connectivity index (χ2v) is 8.60. The van der Waals surface area contributed by atoms with Crippen molar-refractivity contribution in [2.24, 2.45) is 5.92 Å². The largest absolute Gasteiger partial charge is 0.435 e. The third-order valence-electron chi connectivity index (χ3n) is 5.54. The number of carbonyl (C=O) groups is 1. The lowest BCUT2D eigenvalue weighted by Crippen LogP contribution is -2.13. The van der Waals surface area contributed by atoms with Crippen LogP contribution in [0.5, 0.6) is 0 Å². The number of rotatable bonds is 6. The monoisotopic (exact) mass is 493 g/mol. The van der Waals surface area contributed by atoms with Gasteiger partial charge in [0.25, 0.3) is 5.91 Å². The summed E-state index contributed by atoms with van der Waals surface area (Å²) in [5.41, 5.74) is 1.58. The topological polar surface area (TPSA) is 71.8 Å². The fraction of sp³-hybridized carbons (Fsp3) is 0.375. The van der Waals surface area contributed by atoms with Crippen molar-refractivity contribution in [1.82, 2.24) is 14.8 Å². The van der Waals surface area contributed by atoms with Crippen molar-refractivity contribution in [2.75, 3.05) is 17.2 Å². The Morgan fingerprint density at radius 3 is 2.41 bits per heavy atom. The molecule has 0 saturated carbocycles. The first kappa shape index (κ1) is 25.6. The summed E-state index contributed by atoms with van der Waals surface area (Å²) in [5, 5.41) is 9.88. The fourth-order valence-corrected chi connectivity index (χ4v) is 3.87. The highest BCUT2D eigenvalue weighted by Gasteiger charge is 2.39. The molecule has 2 heterocycles. The first-order valence-electron chi connectivity index (χ1n) is 11.0. The normalized spacial score (nSPS) is 13.2. The zero-order valence-corrected chi connectivity index (χ0v) is 19.8. The van der Waals surface area contributed by atoms with E-state index >= 15 is 0 Å². The van der Waals surface area contributed by atoms with Crippen LogP contribution >= 0.6 is 12.4 Å². The van der Waals surface area contributed by atoms with E-state index in [4.69, 9.17) is 0 Å². The van der Waals surface area contributed by atoms with Gasteiger partial charge in [0.15, 0.2) is 5.69 Å². The fourth-order valence-electron chi connectivity index (χ4n) is 3.87. The summed E-state index contributed by atoms with van der Waals surface area (Å²) in [6.07, 6.45) is -0.458. The molecule has 0 unspecified atom stereocenters. The van der Waals surface area contributed by atoms with Crippen LogP contribution in [0.4, 0.5) is 24.7 Å². The minimum atomic E-state index is -4.48. The van der Waals surface area contributed by atoms with Gasteiger partial charge in [-0.3, -0.25) is 4.79 Å². The van der Waals surface area contributed by atoms with Crippen LogP contribution in [0.2, 0.25) is 0 Å². The van der Waals surface area contributed by atoms with Crippen LogP contribution in [0, 0.1) is 5.92 Å². The van der Waals surface area contributed by atoms with Crippen LogP contribution < -0.4 is 10.6 Å². The molecule has 0 bridgehead atoms. The molecule has 0 aliphatic heterocycles. The van der Waals surface area contributed by atoms with Crippen LogP contribution in [-0.4, -0.2) is 27.2 Å². The molecular formula is C24H27ClF3N5O. The molecule has 10 heteroatoms. The highest BCUT2D eigenvalue weighted by atomic mass is 35.5. The van der Waals surface area contributed by atoms with Crippen LogP contribution in [0.15, 0.2) is 42.6 Å². The molecule has 182 valence electrons. The molecule has 0 radical (unpaired) electrons. The predicted octanol–water partition coefficient (Wildman–Crippen LogP) is 5.91. The Labute approximate surface area is 202 Å². The number of alkyl halides is 3. The molecule has 0 saturated heterocycles. The molecule has 2 N–H and O–H groups in total. The van der Waals surface area contributed by atoms with Crippen molar-refractivity contribution in [3.05, 3.63) is 65.1 Å². The summed E-state index contributed by atoms with van der Waals surface area (Å²) in [6, 6.07) is 10.1. The van der Waals surface area contributed by atoms with Crippen molar-refractivity contribution in [2.45, 2.75) is 45.7 Å². The number of halogens is 4. The van der Waals surface area contributed by atoms with Crippen molar-refractivity contribution < 1.29 is 18.0 Å². The molecule has 1 amide bonds. The Balaban J connectivity index is 0.00000324. The van der Waals surface area contributed by atoms with Gasteiger partial charge in [-0.2, -0.15) is 18.3 Å². The Kier molecular flexibility index (Phi) is 7.86. The van der Waals surface area contributed by atoms with Crippen molar-refractivity contribution in [1.29, 1.82) is 0 Å². The number of anilines is 2. The van der Waals surface area contributed by atoms with Crippen molar-refractivity contribution in [3.63, 3.8) is 0 Å². The number of aromatic nitrogens is 3. The van der Waals surface area contributed by atoms with E-state index in [9.17, 15) is 18.0 Å². The third-order valence-corrected chi connectivity index (χ3v) is 5.54. The van der Waals surface area contributed by atoms with Gasteiger partial charge in [-0.05, 0) is 68.0 Å². The second kappa shape index (κ2) is 10.5. The van der Waals surface area contributed by atoms with Gasteiger partial charge < -0.3 is 10.6 Å². The van der Waals surface area contributed by atoms with E-state index in [1.807, 2.05) is 0 Å². The Morgan fingerprint density at radius 2 is 1.79 bits per heavy atom. The maximum absolute atomic E-state index is 13.4. The quantitative estimate of drug-likeness (QED) is 0.448. The number of hydrogen-bond acceptors (Lipinski definition) is 4. The highest BCUT2D eigenvalue weighted by Crippen LogP contribution is 2.36. The molecule has 1 aromatic carbocycles. The average molecular weight is 494 g/mol.